The molecule has 86 valence electrons. The monoisotopic (exact) mass is 218 g/mol. The number of unbranched alkanes of at least 4 members (excludes halogenated alkanes) is 1. The number of allylic oxidation sites excluding steroid dienone is 1. The van der Waals surface area contributed by atoms with Gasteiger partial charge in [0.15, 0.2) is 0 Å². The van der Waals surface area contributed by atoms with Crippen molar-refractivity contribution in [1.82, 2.24) is 0 Å². The maximum atomic E-state index is 7.22. The van der Waals surface area contributed by atoms with Crippen molar-refractivity contribution in [3.63, 3.8) is 0 Å². The first-order valence-corrected chi connectivity index (χ1v) is 5.43. The summed E-state index contributed by atoms with van der Waals surface area (Å²) in [7, 11) is 1.64. The van der Waals surface area contributed by atoms with Gasteiger partial charge in [0.05, 0.1) is 13.2 Å². The van der Waals surface area contributed by atoms with Crippen LogP contribution in [0, 0.1) is 5.53 Å². The highest BCUT2D eigenvalue weighted by molar-refractivity contribution is 5.30. The summed E-state index contributed by atoms with van der Waals surface area (Å²) in [6.07, 6.45) is 4.75. The van der Waals surface area contributed by atoms with E-state index in [2.05, 4.69) is 11.7 Å². The van der Waals surface area contributed by atoms with Crippen molar-refractivity contribution in [1.29, 1.82) is 5.53 Å². The molecule has 0 heterocycles. The van der Waals surface area contributed by atoms with Crippen LogP contribution in [0.15, 0.2) is 42.0 Å². The predicted molar refractivity (Wildman–Crippen MR) is 64.9 cm³/mol. The van der Waals surface area contributed by atoms with Gasteiger partial charge in [0.1, 0.15) is 5.75 Å². The fourth-order valence-corrected chi connectivity index (χ4v) is 1.61. The Balaban J connectivity index is 2.69. The van der Waals surface area contributed by atoms with Crippen molar-refractivity contribution < 1.29 is 4.74 Å². The fourth-order valence-electron chi connectivity index (χ4n) is 1.61. The summed E-state index contributed by atoms with van der Waals surface area (Å²) in [6, 6.07) is 7.69. The molecule has 0 bridgehead atoms. The molecular weight excluding hydrogens is 200 g/mol. The summed E-state index contributed by atoms with van der Waals surface area (Å²) in [4.78, 5) is 0. The average molecular weight is 218 g/mol. The minimum atomic E-state index is -0.0601. The van der Waals surface area contributed by atoms with Gasteiger partial charge in [-0.2, -0.15) is 5.11 Å². The molecule has 16 heavy (non-hydrogen) atoms. The molecule has 1 atom stereocenters. The van der Waals surface area contributed by atoms with E-state index in [0.717, 1.165) is 30.6 Å². The highest BCUT2D eigenvalue weighted by Gasteiger charge is 2.09. The smallest absolute Gasteiger partial charge is 0.119 e. The summed E-state index contributed by atoms with van der Waals surface area (Å²) in [5.41, 5.74) is 8.26. The molecule has 0 aliphatic heterocycles. The first kappa shape index (κ1) is 12.4. The molecule has 1 aromatic rings. The zero-order valence-electron chi connectivity index (χ0n) is 9.65. The predicted octanol–water partition coefficient (Wildman–Crippen LogP) is 4.12. The Bertz CT molecular complexity index is 350. The third kappa shape index (κ3) is 3.50. The molecule has 3 heteroatoms. The average Bonchev–Trinajstić information content (AvgIpc) is 2.35. The number of methoxy groups -OCH3 is 1. The van der Waals surface area contributed by atoms with Gasteiger partial charge < -0.3 is 4.74 Å². The van der Waals surface area contributed by atoms with E-state index >= 15 is 0 Å². The van der Waals surface area contributed by atoms with Crippen molar-refractivity contribution in [3.05, 3.63) is 42.5 Å². The van der Waals surface area contributed by atoms with Crippen LogP contribution in [0.2, 0.25) is 0 Å². The first-order valence-electron chi connectivity index (χ1n) is 5.43. The van der Waals surface area contributed by atoms with Crippen LogP contribution in [0.25, 0.3) is 0 Å². The molecule has 0 unspecified atom stereocenters. The number of rotatable bonds is 7. The number of benzene rings is 1. The van der Waals surface area contributed by atoms with Crippen molar-refractivity contribution in [3.8, 4) is 5.75 Å². The van der Waals surface area contributed by atoms with Gasteiger partial charge in [-0.15, -0.1) is 6.58 Å². The normalized spacial score (nSPS) is 11.8. The molecule has 0 aliphatic carbocycles. The highest BCUT2D eigenvalue weighted by atomic mass is 16.5. The lowest BCUT2D eigenvalue weighted by atomic mass is 10.0. The molecule has 0 saturated heterocycles. The Labute approximate surface area is 96.6 Å². The van der Waals surface area contributed by atoms with Gasteiger partial charge >= 0.3 is 0 Å². The molecule has 0 aliphatic rings. The van der Waals surface area contributed by atoms with E-state index in [4.69, 9.17) is 10.3 Å². The van der Waals surface area contributed by atoms with Crippen molar-refractivity contribution >= 4 is 0 Å². The van der Waals surface area contributed by atoms with Gasteiger partial charge in [-0.25, -0.2) is 5.53 Å². The largest absolute Gasteiger partial charge is 0.497 e. The number of nitrogens with zero attached hydrogens (tertiary/aromatic N) is 1. The Morgan fingerprint density at radius 2 is 2.38 bits per heavy atom. The van der Waals surface area contributed by atoms with E-state index in [0.29, 0.717) is 0 Å². The Hall–Kier alpha value is -1.64. The van der Waals surface area contributed by atoms with E-state index in [1.54, 1.807) is 7.11 Å². The number of ether oxygens (including phenoxy) is 1. The molecule has 1 N–H and O–H groups in total. The van der Waals surface area contributed by atoms with E-state index in [1.807, 2.05) is 30.3 Å². The van der Waals surface area contributed by atoms with Gasteiger partial charge in [0.25, 0.3) is 0 Å². The number of nitrogens with one attached hydrogen (secondary N) is 1. The zero-order chi connectivity index (χ0) is 11.8. The van der Waals surface area contributed by atoms with Crippen LogP contribution < -0.4 is 4.74 Å². The highest BCUT2D eigenvalue weighted by Crippen LogP contribution is 2.26. The Morgan fingerprint density at radius 3 is 3.00 bits per heavy atom. The van der Waals surface area contributed by atoms with Crippen LogP contribution in [-0.2, 0) is 0 Å². The van der Waals surface area contributed by atoms with Crippen LogP contribution >= 0.6 is 0 Å². The van der Waals surface area contributed by atoms with E-state index in [1.165, 1.54) is 0 Å². The Morgan fingerprint density at radius 1 is 1.56 bits per heavy atom. The van der Waals surface area contributed by atoms with Gasteiger partial charge in [-0.05, 0) is 37.0 Å². The van der Waals surface area contributed by atoms with Gasteiger partial charge in [0, 0.05) is 0 Å². The van der Waals surface area contributed by atoms with Gasteiger partial charge in [0.2, 0.25) is 0 Å². The van der Waals surface area contributed by atoms with Crippen molar-refractivity contribution in [2.75, 3.05) is 7.11 Å². The van der Waals surface area contributed by atoms with Gasteiger partial charge in [-0.3, -0.25) is 0 Å². The number of hydrogen-bond acceptors (Lipinski definition) is 3. The zero-order valence-corrected chi connectivity index (χ0v) is 9.65. The maximum Gasteiger partial charge on any atom is 0.119 e. The summed E-state index contributed by atoms with van der Waals surface area (Å²) in [5, 5.41) is 3.67. The molecule has 0 saturated carbocycles. The fraction of sp³-hybridized carbons (Fsp3) is 0.385. The van der Waals surface area contributed by atoms with E-state index < -0.39 is 0 Å². The van der Waals surface area contributed by atoms with Crippen molar-refractivity contribution in [2.45, 2.75) is 25.3 Å². The second kappa shape index (κ2) is 6.77. The minimum Gasteiger partial charge on any atom is -0.497 e. The Kier molecular flexibility index (Phi) is 5.26. The summed E-state index contributed by atoms with van der Waals surface area (Å²) < 4.78 is 5.16. The summed E-state index contributed by atoms with van der Waals surface area (Å²) in [5.74, 6) is 0.815. The minimum absolute atomic E-state index is 0.0601. The summed E-state index contributed by atoms with van der Waals surface area (Å²) >= 11 is 0. The second-order valence-corrected chi connectivity index (χ2v) is 3.64. The molecule has 1 aromatic carbocycles. The lowest BCUT2D eigenvalue weighted by Gasteiger charge is -2.11. The third-order valence-corrected chi connectivity index (χ3v) is 2.52. The standard InChI is InChI=1S/C13H18N2O/c1-3-4-5-9-13(15-14)11-7-6-8-12(10-11)16-2/h3,6-8,10,13-14H,1,4-5,9H2,2H3/t13-/m0/s1. The lowest BCUT2D eigenvalue weighted by molar-refractivity contribution is 0.413. The first-order chi connectivity index (χ1) is 7.81. The van der Waals surface area contributed by atoms with E-state index in [9.17, 15) is 0 Å². The SMILES string of the molecule is C=CCCC[C@H](N=N)c1cccc(OC)c1. The molecule has 3 nitrogen and oxygen atoms in total. The van der Waals surface area contributed by atoms with Crippen LogP contribution in [-0.4, -0.2) is 7.11 Å². The molecule has 0 aromatic heterocycles. The van der Waals surface area contributed by atoms with Crippen LogP contribution in [0.5, 0.6) is 5.75 Å². The maximum absolute atomic E-state index is 7.22. The lowest BCUT2D eigenvalue weighted by Crippen LogP contribution is -1.95. The topological polar surface area (TPSA) is 45.4 Å². The number of hydrogen-bond donors (Lipinski definition) is 1. The van der Waals surface area contributed by atoms with Crippen LogP contribution in [0.1, 0.15) is 30.9 Å². The van der Waals surface area contributed by atoms with Crippen molar-refractivity contribution in [2.24, 2.45) is 5.11 Å². The molecule has 1 rings (SSSR count). The molecular formula is C13H18N2O. The van der Waals surface area contributed by atoms with E-state index in [-0.39, 0.29) is 6.04 Å². The second-order valence-electron chi connectivity index (χ2n) is 3.64. The molecule has 0 amide bonds. The molecule has 0 fully saturated rings. The van der Waals surface area contributed by atoms with Gasteiger partial charge in [-0.1, -0.05) is 18.2 Å². The van der Waals surface area contributed by atoms with Crippen LogP contribution in [0.3, 0.4) is 0 Å². The molecule has 0 radical (unpaired) electrons. The summed E-state index contributed by atoms with van der Waals surface area (Å²) in [6.45, 7) is 3.69. The quantitative estimate of drug-likeness (QED) is 0.417. The van der Waals surface area contributed by atoms with Crippen LogP contribution in [0.4, 0.5) is 0 Å². The third-order valence-electron chi connectivity index (χ3n) is 2.52. The molecule has 0 spiro atoms.